The second-order valence-electron chi connectivity index (χ2n) is 3.60. The van der Waals surface area contributed by atoms with Gasteiger partial charge in [-0.05, 0) is 38.1 Å². The molecule has 1 N–H and O–H groups in total. The molecule has 0 aromatic heterocycles. The maximum atomic E-state index is 12.3. The minimum Gasteiger partial charge on any atom is -0.461 e. The van der Waals surface area contributed by atoms with Crippen molar-refractivity contribution >= 4 is 17.4 Å². The Morgan fingerprint density at radius 1 is 1.32 bits per heavy atom. The molecule has 0 aliphatic rings. The number of benzene rings is 1. The van der Waals surface area contributed by atoms with E-state index >= 15 is 0 Å². The topological polar surface area (TPSA) is 50.7 Å². The molecule has 0 saturated heterocycles. The van der Waals surface area contributed by atoms with Gasteiger partial charge in [-0.2, -0.15) is 18.3 Å². The molecule has 4 nitrogen and oxygen atoms in total. The molecule has 104 valence electrons. The number of hydrogen-bond acceptors (Lipinski definition) is 4. The Morgan fingerprint density at radius 2 is 1.89 bits per heavy atom. The molecule has 1 aromatic rings. The van der Waals surface area contributed by atoms with Crippen LogP contribution in [-0.2, 0) is 15.7 Å². The van der Waals surface area contributed by atoms with E-state index in [2.05, 4.69) is 10.5 Å². The van der Waals surface area contributed by atoms with Crippen LogP contribution >= 0.6 is 0 Å². The molecule has 0 amide bonds. The first-order valence-corrected chi connectivity index (χ1v) is 5.49. The van der Waals surface area contributed by atoms with Crippen molar-refractivity contribution < 1.29 is 22.7 Å². The van der Waals surface area contributed by atoms with Gasteiger partial charge >= 0.3 is 12.1 Å². The van der Waals surface area contributed by atoms with E-state index < -0.39 is 17.7 Å². The molecular formula is C12H13F3N2O2. The summed E-state index contributed by atoms with van der Waals surface area (Å²) in [7, 11) is 0. The summed E-state index contributed by atoms with van der Waals surface area (Å²) in [6, 6.07) is 4.31. The number of hydrogen-bond donors (Lipinski definition) is 1. The molecule has 19 heavy (non-hydrogen) atoms. The monoisotopic (exact) mass is 274 g/mol. The summed E-state index contributed by atoms with van der Waals surface area (Å²) in [4.78, 5) is 11.2. The number of nitrogens with zero attached hydrogens (tertiary/aromatic N) is 1. The minimum absolute atomic E-state index is 0.0850. The number of rotatable bonds is 4. The predicted octanol–water partition coefficient (Wildman–Crippen LogP) is 3.06. The molecule has 0 saturated carbocycles. The Morgan fingerprint density at radius 3 is 2.37 bits per heavy atom. The molecule has 0 atom stereocenters. The highest BCUT2D eigenvalue weighted by Gasteiger charge is 2.29. The van der Waals surface area contributed by atoms with Gasteiger partial charge in [0.15, 0.2) is 0 Å². The molecule has 1 rings (SSSR count). The van der Waals surface area contributed by atoms with Gasteiger partial charge in [-0.3, -0.25) is 5.43 Å². The zero-order valence-corrected chi connectivity index (χ0v) is 10.4. The molecule has 1 aromatic carbocycles. The van der Waals surface area contributed by atoms with Crippen molar-refractivity contribution in [3.63, 3.8) is 0 Å². The van der Waals surface area contributed by atoms with Gasteiger partial charge < -0.3 is 4.74 Å². The lowest BCUT2D eigenvalue weighted by molar-refractivity contribution is -0.137. The van der Waals surface area contributed by atoms with Gasteiger partial charge in [-0.15, -0.1) is 0 Å². The summed E-state index contributed by atoms with van der Waals surface area (Å²) in [5.74, 6) is -0.582. The van der Waals surface area contributed by atoms with Crippen LogP contribution in [0.5, 0.6) is 0 Å². The fourth-order valence-corrected chi connectivity index (χ4v) is 1.16. The maximum absolute atomic E-state index is 12.3. The molecule has 0 spiro atoms. The lowest BCUT2D eigenvalue weighted by atomic mass is 10.2. The van der Waals surface area contributed by atoms with Crippen molar-refractivity contribution in [3.05, 3.63) is 29.8 Å². The van der Waals surface area contributed by atoms with Gasteiger partial charge in [-0.1, -0.05) is 0 Å². The number of hydrazone groups is 1. The van der Waals surface area contributed by atoms with Crippen LogP contribution in [-0.4, -0.2) is 18.3 Å². The number of halogens is 3. The van der Waals surface area contributed by atoms with E-state index in [1.807, 2.05) is 0 Å². The number of nitrogens with one attached hydrogen (secondary N) is 1. The van der Waals surface area contributed by atoms with Crippen molar-refractivity contribution in [2.75, 3.05) is 12.0 Å². The lowest BCUT2D eigenvalue weighted by Crippen LogP contribution is -2.15. The van der Waals surface area contributed by atoms with E-state index in [0.717, 1.165) is 12.1 Å². The number of carbonyl (C=O) groups excluding carboxylic acids is 1. The van der Waals surface area contributed by atoms with E-state index in [-0.39, 0.29) is 12.3 Å². The van der Waals surface area contributed by atoms with E-state index in [1.165, 1.54) is 19.1 Å². The zero-order chi connectivity index (χ0) is 14.5. The third-order valence-corrected chi connectivity index (χ3v) is 2.14. The van der Waals surface area contributed by atoms with Crippen LogP contribution in [0.2, 0.25) is 0 Å². The minimum atomic E-state index is -4.37. The number of ether oxygens (including phenoxy) is 1. The Labute approximate surface area is 108 Å². The van der Waals surface area contributed by atoms with E-state index in [1.54, 1.807) is 6.92 Å². The second kappa shape index (κ2) is 6.21. The second-order valence-corrected chi connectivity index (χ2v) is 3.60. The molecule has 7 heteroatoms. The molecular weight excluding hydrogens is 261 g/mol. The molecule has 0 aliphatic carbocycles. The first kappa shape index (κ1) is 15.0. The summed E-state index contributed by atoms with van der Waals surface area (Å²) in [6.45, 7) is 3.33. The van der Waals surface area contributed by atoms with Crippen molar-refractivity contribution in [3.8, 4) is 0 Å². The van der Waals surface area contributed by atoms with Crippen molar-refractivity contribution in [2.24, 2.45) is 5.10 Å². The van der Waals surface area contributed by atoms with E-state index in [0.29, 0.717) is 5.69 Å². The normalized spacial score (nSPS) is 12.2. The van der Waals surface area contributed by atoms with Crippen LogP contribution in [0.3, 0.4) is 0 Å². The fraction of sp³-hybridized carbons (Fsp3) is 0.333. The van der Waals surface area contributed by atoms with Gasteiger partial charge in [0.25, 0.3) is 0 Å². The SMILES string of the molecule is CCOC(=O)/C(C)=N\Nc1ccc(C(F)(F)F)cc1. The lowest BCUT2D eigenvalue weighted by Gasteiger charge is -2.07. The standard InChI is InChI=1S/C12H13F3N2O2/c1-3-19-11(18)8(2)16-17-10-6-4-9(5-7-10)12(13,14)15/h4-7,17H,3H2,1-2H3/b16-8-. The van der Waals surface area contributed by atoms with Gasteiger partial charge in [-0.25, -0.2) is 4.79 Å². The molecule has 0 bridgehead atoms. The highest BCUT2D eigenvalue weighted by molar-refractivity contribution is 6.35. The number of anilines is 1. The van der Waals surface area contributed by atoms with Crippen molar-refractivity contribution in [2.45, 2.75) is 20.0 Å². The highest BCUT2D eigenvalue weighted by Crippen LogP contribution is 2.29. The Hall–Kier alpha value is -2.05. The molecule has 0 fully saturated rings. The molecule has 0 radical (unpaired) electrons. The van der Waals surface area contributed by atoms with Gasteiger partial charge in [0.1, 0.15) is 5.71 Å². The summed E-state index contributed by atoms with van der Waals surface area (Å²) < 4.78 is 41.6. The quantitative estimate of drug-likeness (QED) is 0.521. The number of esters is 1. The average molecular weight is 274 g/mol. The van der Waals surface area contributed by atoms with Crippen LogP contribution < -0.4 is 5.43 Å². The summed E-state index contributed by atoms with van der Waals surface area (Å²) in [5, 5.41) is 3.72. The van der Waals surface area contributed by atoms with Crippen molar-refractivity contribution in [1.82, 2.24) is 0 Å². The Bertz CT molecular complexity index is 467. The van der Waals surface area contributed by atoms with Crippen LogP contribution in [0.4, 0.5) is 18.9 Å². The number of alkyl halides is 3. The van der Waals surface area contributed by atoms with E-state index in [9.17, 15) is 18.0 Å². The van der Waals surface area contributed by atoms with Crippen LogP contribution in [0.15, 0.2) is 29.4 Å². The van der Waals surface area contributed by atoms with Crippen LogP contribution in [0.1, 0.15) is 19.4 Å². The highest BCUT2D eigenvalue weighted by atomic mass is 19.4. The summed E-state index contributed by atoms with van der Waals surface area (Å²) >= 11 is 0. The molecule has 0 unspecified atom stereocenters. The average Bonchev–Trinajstić information content (AvgIpc) is 2.35. The third-order valence-electron chi connectivity index (χ3n) is 2.14. The fourth-order valence-electron chi connectivity index (χ4n) is 1.16. The van der Waals surface area contributed by atoms with E-state index in [4.69, 9.17) is 4.74 Å². The smallest absolute Gasteiger partial charge is 0.416 e. The molecule has 0 aliphatic heterocycles. The van der Waals surface area contributed by atoms with Crippen LogP contribution in [0, 0.1) is 0 Å². The predicted molar refractivity (Wildman–Crippen MR) is 64.8 cm³/mol. The van der Waals surface area contributed by atoms with Gasteiger partial charge in [0.2, 0.25) is 0 Å². The zero-order valence-electron chi connectivity index (χ0n) is 10.4. The first-order chi connectivity index (χ1) is 8.84. The Kier molecular flexibility index (Phi) is 4.91. The van der Waals surface area contributed by atoms with Crippen molar-refractivity contribution in [1.29, 1.82) is 0 Å². The summed E-state index contributed by atoms with van der Waals surface area (Å²) in [6.07, 6.45) is -4.37. The Balaban J connectivity index is 2.69. The van der Waals surface area contributed by atoms with Gasteiger partial charge in [0.05, 0.1) is 17.9 Å². The van der Waals surface area contributed by atoms with Crippen LogP contribution in [0.25, 0.3) is 0 Å². The third kappa shape index (κ3) is 4.61. The maximum Gasteiger partial charge on any atom is 0.416 e. The largest absolute Gasteiger partial charge is 0.461 e. The van der Waals surface area contributed by atoms with Gasteiger partial charge in [0, 0.05) is 0 Å². The number of carbonyl (C=O) groups is 1. The molecule has 0 heterocycles. The first-order valence-electron chi connectivity index (χ1n) is 5.49. The summed E-state index contributed by atoms with van der Waals surface area (Å²) in [5.41, 5.74) is 2.17.